The van der Waals surface area contributed by atoms with Crippen LogP contribution in [0.4, 0.5) is 0 Å². The minimum absolute atomic E-state index is 0.0805. The zero-order valence-electron chi connectivity index (χ0n) is 20.1. The number of benzene rings is 3. The summed E-state index contributed by atoms with van der Waals surface area (Å²) in [7, 11) is 0. The minimum atomic E-state index is -1.13. The van der Waals surface area contributed by atoms with Gasteiger partial charge in [0, 0.05) is 46.1 Å². The van der Waals surface area contributed by atoms with Crippen molar-refractivity contribution in [3.63, 3.8) is 0 Å². The molecule has 0 fully saturated rings. The first kappa shape index (κ1) is 27.5. The number of halogens is 3. The molecule has 0 spiro atoms. The van der Waals surface area contributed by atoms with Crippen LogP contribution in [0.3, 0.4) is 0 Å². The fourth-order valence-corrected chi connectivity index (χ4v) is 4.91. The zero-order valence-corrected chi connectivity index (χ0v) is 23.2. The van der Waals surface area contributed by atoms with Crippen molar-refractivity contribution in [1.29, 1.82) is 0 Å². The molecule has 0 unspecified atom stereocenters. The largest absolute Gasteiger partial charge is 0.494 e. The molecular weight excluding hydrogens is 579 g/mol. The van der Waals surface area contributed by atoms with Gasteiger partial charge in [-0.15, -0.1) is 0 Å². The molecule has 0 saturated carbocycles. The predicted octanol–water partition coefficient (Wildman–Crippen LogP) is 5.63. The molecule has 194 valence electrons. The van der Waals surface area contributed by atoms with Crippen LogP contribution in [0.5, 0.6) is 5.75 Å². The maximum absolute atomic E-state index is 13.6. The van der Waals surface area contributed by atoms with Gasteiger partial charge in [-0.25, -0.2) is 4.99 Å². The monoisotopic (exact) mass is 604 g/mol. The molecule has 37 heavy (non-hydrogen) atoms. The van der Waals surface area contributed by atoms with Crippen LogP contribution in [0.1, 0.15) is 23.1 Å². The van der Waals surface area contributed by atoms with Gasteiger partial charge < -0.3 is 19.9 Å². The summed E-state index contributed by atoms with van der Waals surface area (Å²) in [6.07, 6.45) is 1.49. The third-order valence-corrected chi connectivity index (χ3v) is 7.35. The van der Waals surface area contributed by atoms with E-state index in [0.717, 1.165) is 21.2 Å². The second kappa shape index (κ2) is 12.8. The highest BCUT2D eigenvalue weighted by atomic mass is 79.9. The number of aliphatic hydroxyl groups excluding tert-OH is 1. The van der Waals surface area contributed by atoms with E-state index >= 15 is 0 Å². The lowest BCUT2D eigenvalue weighted by molar-refractivity contribution is -0.126. The molecule has 0 bridgehead atoms. The molecule has 1 amide bonds. The third-order valence-electron chi connectivity index (χ3n) is 5.99. The van der Waals surface area contributed by atoms with Crippen LogP contribution in [0, 0.1) is 0 Å². The maximum Gasteiger partial charge on any atom is 0.251 e. The minimum Gasteiger partial charge on any atom is -0.494 e. The van der Waals surface area contributed by atoms with E-state index in [9.17, 15) is 4.79 Å². The number of aliphatic imine (C=N–C) groups is 1. The van der Waals surface area contributed by atoms with Crippen LogP contribution >= 0.6 is 39.1 Å². The van der Waals surface area contributed by atoms with Gasteiger partial charge >= 0.3 is 0 Å². The van der Waals surface area contributed by atoms with Gasteiger partial charge in [0.25, 0.3) is 5.91 Å². The molecule has 1 atom stereocenters. The number of hydrogen-bond donors (Lipinski definition) is 2. The van der Waals surface area contributed by atoms with Crippen molar-refractivity contribution in [1.82, 2.24) is 5.32 Å². The average Bonchev–Trinajstić information content (AvgIpc) is 3.32. The van der Waals surface area contributed by atoms with Crippen LogP contribution in [-0.2, 0) is 22.4 Å². The molecule has 1 aliphatic rings. The van der Waals surface area contributed by atoms with Gasteiger partial charge in [0.05, 0.1) is 6.61 Å². The Hall–Kier alpha value is -2.58. The zero-order chi connectivity index (χ0) is 26.3. The number of carbonyl (C=O) groups is 1. The molecule has 3 aromatic carbocycles. The molecule has 6 nitrogen and oxygen atoms in total. The summed E-state index contributed by atoms with van der Waals surface area (Å²) >= 11 is 15.9. The Balaban J connectivity index is 1.52. The summed E-state index contributed by atoms with van der Waals surface area (Å²) in [6, 6.07) is 20.5. The van der Waals surface area contributed by atoms with E-state index in [4.69, 9.17) is 42.8 Å². The number of aliphatic hydroxyl groups is 1. The number of amides is 1. The number of nitrogens with zero attached hydrogens (tertiary/aromatic N) is 1. The lowest BCUT2D eigenvalue weighted by Gasteiger charge is -2.24. The number of carbonyl (C=O) groups excluding carboxylic acids is 1. The SMILES string of the molecule is O=C(NCCc1ccc(Cl)cc1Cl)[C@@]1(Cc2ccccc2Br)COC(c2ccc(OCCCO)cc2)=N1. The van der Waals surface area contributed by atoms with Crippen LogP contribution in [0.2, 0.25) is 10.0 Å². The molecule has 0 aliphatic carbocycles. The summed E-state index contributed by atoms with van der Waals surface area (Å²) < 4.78 is 12.5. The summed E-state index contributed by atoms with van der Waals surface area (Å²) in [5, 5.41) is 13.1. The Kier molecular flexibility index (Phi) is 9.49. The first-order valence-electron chi connectivity index (χ1n) is 11.9. The summed E-state index contributed by atoms with van der Waals surface area (Å²) in [6.45, 7) is 1.02. The van der Waals surface area contributed by atoms with Gasteiger partial charge in [-0.1, -0.05) is 63.4 Å². The Morgan fingerprint density at radius 3 is 2.62 bits per heavy atom. The lowest BCUT2D eigenvalue weighted by atomic mass is 9.91. The van der Waals surface area contributed by atoms with E-state index < -0.39 is 5.54 Å². The number of ether oxygens (including phenoxy) is 2. The van der Waals surface area contributed by atoms with Crippen molar-refractivity contribution in [2.75, 3.05) is 26.4 Å². The molecule has 0 radical (unpaired) electrons. The third kappa shape index (κ3) is 7.05. The van der Waals surface area contributed by atoms with E-state index in [0.29, 0.717) is 54.1 Å². The standard InChI is InChI=1S/C28H27BrCl2N2O4/c29-24-5-2-1-4-21(24)17-28(27(35)32-13-12-19-6-9-22(30)16-25(19)31)18-37-26(33-28)20-7-10-23(11-8-20)36-15-3-14-34/h1-2,4-11,16,34H,3,12-15,17-18H2,(H,32,35)/t28-/m1/s1. The van der Waals surface area contributed by atoms with E-state index in [1.165, 1.54) is 0 Å². The topological polar surface area (TPSA) is 80.2 Å². The Morgan fingerprint density at radius 1 is 1.11 bits per heavy atom. The highest BCUT2D eigenvalue weighted by Crippen LogP contribution is 2.30. The average molecular weight is 606 g/mol. The molecular formula is C28H27BrCl2N2O4. The van der Waals surface area contributed by atoms with E-state index in [2.05, 4.69) is 21.2 Å². The molecule has 0 aromatic heterocycles. The molecule has 4 rings (SSSR count). The van der Waals surface area contributed by atoms with Gasteiger partial charge in [-0.05, 0) is 60.0 Å². The van der Waals surface area contributed by atoms with Gasteiger partial charge in [0.1, 0.15) is 12.4 Å². The molecule has 0 saturated heterocycles. The van der Waals surface area contributed by atoms with Crippen LogP contribution < -0.4 is 10.1 Å². The molecule has 1 heterocycles. The maximum atomic E-state index is 13.6. The van der Waals surface area contributed by atoms with Crippen molar-refractivity contribution in [3.8, 4) is 5.75 Å². The molecule has 2 N–H and O–H groups in total. The number of rotatable bonds is 11. The second-order valence-electron chi connectivity index (χ2n) is 8.70. The van der Waals surface area contributed by atoms with Crippen LogP contribution in [0.25, 0.3) is 0 Å². The fourth-order valence-electron chi connectivity index (χ4n) is 3.99. The molecule has 3 aromatic rings. The first-order valence-corrected chi connectivity index (χ1v) is 13.5. The highest BCUT2D eigenvalue weighted by molar-refractivity contribution is 9.10. The van der Waals surface area contributed by atoms with Gasteiger partial charge in [-0.3, -0.25) is 4.79 Å². The smallest absolute Gasteiger partial charge is 0.251 e. The Morgan fingerprint density at radius 2 is 1.89 bits per heavy atom. The summed E-state index contributed by atoms with van der Waals surface area (Å²) in [5.41, 5.74) is 1.49. The normalized spacial score (nSPS) is 16.7. The molecule has 1 aliphatic heterocycles. The fraction of sp³-hybridized carbons (Fsp3) is 0.286. The molecule has 9 heteroatoms. The van der Waals surface area contributed by atoms with Gasteiger partial charge in [0.2, 0.25) is 5.90 Å². The number of nitrogens with one attached hydrogen (secondary N) is 1. The number of hydrogen-bond acceptors (Lipinski definition) is 5. The van der Waals surface area contributed by atoms with Gasteiger partial charge in [0.15, 0.2) is 5.54 Å². The Labute approximate surface area is 234 Å². The van der Waals surface area contributed by atoms with Crippen molar-refractivity contribution < 1.29 is 19.4 Å². The predicted molar refractivity (Wildman–Crippen MR) is 150 cm³/mol. The van der Waals surface area contributed by atoms with Crippen LogP contribution in [-0.4, -0.2) is 48.8 Å². The van der Waals surface area contributed by atoms with Crippen molar-refractivity contribution in [2.45, 2.75) is 24.8 Å². The van der Waals surface area contributed by atoms with E-state index in [-0.39, 0.29) is 19.1 Å². The van der Waals surface area contributed by atoms with Crippen molar-refractivity contribution >= 4 is 50.9 Å². The van der Waals surface area contributed by atoms with Crippen molar-refractivity contribution in [3.05, 3.63) is 97.9 Å². The van der Waals surface area contributed by atoms with E-state index in [1.807, 2.05) is 54.6 Å². The highest BCUT2D eigenvalue weighted by Gasteiger charge is 2.44. The van der Waals surface area contributed by atoms with E-state index in [1.54, 1.807) is 12.1 Å². The Bertz CT molecular complexity index is 1270. The second-order valence-corrected chi connectivity index (χ2v) is 10.4. The summed E-state index contributed by atoms with van der Waals surface area (Å²) in [5.74, 6) is 0.881. The quantitative estimate of drug-likeness (QED) is 0.278. The van der Waals surface area contributed by atoms with Crippen molar-refractivity contribution in [2.24, 2.45) is 4.99 Å². The summed E-state index contributed by atoms with van der Waals surface area (Å²) in [4.78, 5) is 18.4. The van der Waals surface area contributed by atoms with Crippen LogP contribution in [0.15, 0.2) is 76.2 Å². The van der Waals surface area contributed by atoms with Gasteiger partial charge in [-0.2, -0.15) is 0 Å². The first-order chi connectivity index (χ1) is 17.9. The lowest BCUT2D eigenvalue weighted by Crippen LogP contribution is -2.49.